The maximum Gasteiger partial charge on any atom is 0.219 e. The van der Waals surface area contributed by atoms with Gasteiger partial charge in [0.05, 0.1) is 10.0 Å². The van der Waals surface area contributed by atoms with Crippen LogP contribution in [0.2, 0.25) is 10.0 Å². The van der Waals surface area contributed by atoms with E-state index in [9.17, 15) is 0 Å². The Kier molecular flexibility index (Phi) is 5.05. The Balaban J connectivity index is 2.28. The van der Waals surface area contributed by atoms with E-state index in [0.717, 1.165) is 10.0 Å². The first-order valence-corrected chi connectivity index (χ1v) is 7.07. The van der Waals surface area contributed by atoms with Gasteiger partial charge < -0.3 is 10.1 Å². The Labute approximate surface area is 130 Å². The normalized spacial score (nSPS) is 10.5. The molecule has 0 unspecified atom stereocenters. The van der Waals surface area contributed by atoms with Gasteiger partial charge in [-0.2, -0.15) is 0 Å². The van der Waals surface area contributed by atoms with Crippen LogP contribution in [0.3, 0.4) is 0 Å². The van der Waals surface area contributed by atoms with Crippen molar-refractivity contribution in [1.82, 2.24) is 10.3 Å². The van der Waals surface area contributed by atoms with Crippen molar-refractivity contribution in [2.24, 2.45) is 0 Å². The number of benzene rings is 1. The lowest BCUT2D eigenvalue weighted by molar-refractivity contribution is 0.462. The van der Waals surface area contributed by atoms with Gasteiger partial charge in [-0.15, -0.1) is 0 Å². The van der Waals surface area contributed by atoms with Crippen LogP contribution in [0.1, 0.15) is 5.56 Å². The third-order valence-electron chi connectivity index (χ3n) is 2.38. The van der Waals surface area contributed by atoms with Crippen LogP contribution in [0.5, 0.6) is 11.6 Å². The van der Waals surface area contributed by atoms with E-state index in [1.807, 2.05) is 13.1 Å². The molecule has 100 valence electrons. The van der Waals surface area contributed by atoms with Crippen molar-refractivity contribution in [2.45, 2.75) is 6.54 Å². The fraction of sp³-hybridized carbons (Fsp3) is 0.154. The smallest absolute Gasteiger partial charge is 0.219 e. The zero-order chi connectivity index (χ0) is 13.8. The summed E-state index contributed by atoms with van der Waals surface area (Å²) in [6, 6.07) is 7.18. The van der Waals surface area contributed by atoms with Gasteiger partial charge in [0.15, 0.2) is 0 Å². The van der Waals surface area contributed by atoms with Crippen LogP contribution in [0.25, 0.3) is 0 Å². The topological polar surface area (TPSA) is 34.1 Å². The second-order valence-electron chi connectivity index (χ2n) is 3.82. The maximum atomic E-state index is 6.07. The van der Waals surface area contributed by atoms with E-state index in [1.54, 1.807) is 24.4 Å². The van der Waals surface area contributed by atoms with Crippen LogP contribution in [0.4, 0.5) is 0 Å². The number of nitrogens with zero attached hydrogens (tertiary/aromatic N) is 1. The Bertz CT molecular complexity index is 593. The molecule has 0 spiro atoms. The molecule has 0 saturated carbocycles. The van der Waals surface area contributed by atoms with Crippen molar-refractivity contribution in [3.8, 4) is 11.6 Å². The lowest BCUT2D eigenvalue weighted by Crippen LogP contribution is -2.06. The van der Waals surface area contributed by atoms with Gasteiger partial charge in [0.25, 0.3) is 0 Å². The molecule has 0 amide bonds. The third kappa shape index (κ3) is 3.83. The minimum atomic E-state index is 0.453. The van der Waals surface area contributed by atoms with Crippen molar-refractivity contribution in [3.05, 3.63) is 50.5 Å². The average Bonchev–Trinajstić information content (AvgIpc) is 2.38. The molecule has 0 atom stereocenters. The van der Waals surface area contributed by atoms with Crippen LogP contribution < -0.4 is 10.1 Å². The zero-order valence-corrected chi connectivity index (χ0v) is 13.2. The van der Waals surface area contributed by atoms with Gasteiger partial charge in [0, 0.05) is 23.3 Å². The van der Waals surface area contributed by atoms with Gasteiger partial charge in [0.2, 0.25) is 5.88 Å². The molecule has 0 bridgehead atoms. The highest BCUT2D eigenvalue weighted by Gasteiger charge is 2.08. The highest BCUT2D eigenvalue weighted by molar-refractivity contribution is 9.10. The minimum Gasteiger partial charge on any atom is -0.437 e. The molecule has 0 fully saturated rings. The molecule has 1 aromatic carbocycles. The Morgan fingerprint density at radius 1 is 1.26 bits per heavy atom. The van der Waals surface area contributed by atoms with Gasteiger partial charge in [0.1, 0.15) is 5.75 Å². The molecule has 2 aromatic rings. The molecule has 1 aromatic heterocycles. The van der Waals surface area contributed by atoms with Crippen molar-refractivity contribution in [3.63, 3.8) is 0 Å². The summed E-state index contributed by atoms with van der Waals surface area (Å²) in [6.45, 7) is 0.643. The number of pyridine rings is 1. The predicted octanol–water partition coefficient (Wildman–Crippen LogP) is 4.66. The molecule has 0 aliphatic carbocycles. The van der Waals surface area contributed by atoms with E-state index >= 15 is 0 Å². The second-order valence-corrected chi connectivity index (χ2v) is 5.55. The maximum absolute atomic E-state index is 6.07. The summed E-state index contributed by atoms with van der Waals surface area (Å²) >= 11 is 15.5. The summed E-state index contributed by atoms with van der Waals surface area (Å²) in [5, 5.41) is 4.16. The van der Waals surface area contributed by atoms with E-state index in [0.29, 0.717) is 28.2 Å². The van der Waals surface area contributed by atoms with Crippen molar-refractivity contribution in [1.29, 1.82) is 0 Å². The second kappa shape index (κ2) is 6.57. The van der Waals surface area contributed by atoms with Gasteiger partial charge in [-0.1, -0.05) is 39.1 Å². The number of nitrogens with one attached hydrogen (secondary N) is 1. The van der Waals surface area contributed by atoms with Gasteiger partial charge >= 0.3 is 0 Å². The Morgan fingerprint density at radius 3 is 2.79 bits per heavy atom. The molecule has 19 heavy (non-hydrogen) atoms. The van der Waals surface area contributed by atoms with Crippen molar-refractivity contribution in [2.75, 3.05) is 7.05 Å². The molecule has 6 heteroatoms. The Morgan fingerprint density at radius 2 is 2.05 bits per heavy atom. The molecular weight excluding hydrogens is 351 g/mol. The highest BCUT2D eigenvalue weighted by atomic mass is 79.9. The average molecular weight is 362 g/mol. The molecule has 0 aliphatic heterocycles. The third-order valence-corrected chi connectivity index (χ3v) is 3.53. The van der Waals surface area contributed by atoms with E-state index < -0.39 is 0 Å². The van der Waals surface area contributed by atoms with Crippen LogP contribution in [-0.4, -0.2) is 12.0 Å². The molecule has 3 nitrogen and oxygen atoms in total. The van der Waals surface area contributed by atoms with Crippen LogP contribution in [-0.2, 0) is 6.54 Å². The fourth-order valence-corrected chi connectivity index (χ4v) is 2.17. The highest BCUT2D eigenvalue weighted by Crippen LogP contribution is 2.32. The predicted molar refractivity (Wildman–Crippen MR) is 81.2 cm³/mol. The monoisotopic (exact) mass is 360 g/mol. The molecular formula is C13H11BrCl2N2O. The summed E-state index contributed by atoms with van der Waals surface area (Å²) in [7, 11) is 1.85. The standard InChI is InChI=1S/C13H11BrCl2N2O/c1-17-6-8-4-13(18-7-11(8)16)19-12-5-9(14)2-3-10(12)15/h2-5,7,17H,6H2,1H3. The first-order chi connectivity index (χ1) is 9.10. The number of hydrogen-bond acceptors (Lipinski definition) is 3. The molecule has 0 aliphatic rings. The van der Waals surface area contributed by atoms with Crippen LogP contribution >= 0.6 is 39.1 Å². The molecule has 0 radical (unpaired) electrons. The largest absolute Gasteiger partial charge is 0.437 e. The van der Waals surface area contributed by atoms with Gasteiger partial charge in [-0.3, -0.25) is 0 Å². The first-order valence-electron chi connectivity index (χ1n) is 5.52. The lowest BCUT2D eigenvalue weighted by Gasteiger charge is -2.09. The van der Waals surface area contributed by atoms with Crippen molar-refractivity contribution >= 4 is 39.1 Å². The summed E-state index contributed by atoms with van der Waals surface area (Å²) in [5.74, 6) is 0.996. The number of rotatable bonds is 4. The lowest BCUT2D eigenvalue weighted by atomic mass is 10.2. The summed E-state index contributed by atoms with van der Waals surface area (Å²) in [6.07, 6.45) is 1.56. The summed E-state index contributed by atoms with van der Waals surface area (Å²) < 4.78 is 6.56. The summed E-state index contributed by atoms with van der Waals surface area (Å²) in [5.41, 5.74) is 0.917. The number of hydrogen-bond donors (Lipinski definition) is 1. The number of ether oxygens (including phenoxy) is 1. The first kappa shape index (κ1) is 14.6. The number of aromatic nitrogens is 1. The van der Waals surface area contributed by atoms with Crippen molar-refractivity contribution < 1.29 is 4.74 Å². The summed E-state index contributed by atoms with van der Waals surface area (Å²) in [4.78, 5) is 4.13. The number of halogens is 3. The fourth-order valence-electron chi connectivity index (χ4n) is 1.51. The quantitative estimate of drug-likeness (QED) is 0.859. The van der Waals surface area contributed by atoms with E-state index in [-0.39, 0.29) is 0 Å². The van der Waals surface area contributed by atoms with Crippen LogP contribution in [0.15, 0.2) is 34.9 Å². The van der Waals surface area contributed by atoms with Gasteiger partial charge in [-0.05, 0) is 30.8 Å². The SMILES string of the molecule is CNCc1cc(Oc2cc(Br)ccc2Cl)ncc1Cl. The molecule has 2 rings (SSSR count). The molecule has 1 heterocycles. The zero-order valence-electron chi connectivity index (χ0n) is 10.1. The molecule has 1 N–H and O–H groups in total. The molecule has 0 saturated heterocycles. The Hall–Kier alpha value is -0.810. The van der Waals surface area contributed by atoms with E-state index in [1.165, 1.54) is 0 Å². The van der Waals surface area contributed by atoms with E-state index in [4.69, 9.17) is 27.9 Å². The van der Waals surface area contributed by atoms with E-state index in [2.05, 4.69) is 26.2 Å². The van der Waals surface area contributed by atoms with Crippen LogP contribution in [0, 0.1) is 0 Å². The minimum absolute atomic E-state index is 0.453. The van der Waals surface area contributed by atoms with Gasteiger partial charge in [-0.25, -0.2) is 4.98 Å².